The van der Waals surface area contributed by atoms with Gasteiger partial charge in [-0.25, -0.2) is 0 Å². The zero-order valence-electron chi connectivity index (χ0n) is 12.7. The number of nitrogens with zero attached hydrogens (tertiary/aromatic N) is 1. The molecule has 0 radical (unpaired) electrons. The van der Waals surface area contributed by atoms with Crippen molar-refractivity contribution in [1.82, 2.24) is 0 Å². The van der Waals surface area contributed by atoms with Crippen molar-refractivity contribution < 1.29 is 0 Å². The molecule has 0 amide bonds. The first-order chi connectivity index (χ1) is 9.63. The van der Waals surface area contributed by atoms with Gasteiger partial charge in [-0.2, -0.15) is 0 Å². The van der Waals surface area contributed by atoms with Crippen LogP contribution in [-0.2, 0) is 6.42 Å². The fourth-order valence-corrected chi connectivity index (χ4v) is 3.69. The van der Waals surface area contributed by atoms with Crippen LogP contribution < -0.4 is 10.6 Å². The predicted octanol–water partition coefficient (Wildman–Crippen LogP) is 4.39. The minimum absolute atomic E-state index is 0.164. The number of halogens is 1. The predicted molar refractivity (Wildman–Crippen MR) is 88.7 cm³/mol. The molecule has 1 unspecified atom stereocenters. The molecule has 2 N–H and O–H groups in total. The lowest BCUT2D eigenvalue weighted by Crippen LogP contribution is -2.37. The molecule has 0 saturated heterocycles. The third kappa shape index (κ3) is 3.67. The maximum atomic E-state index is 6.52. The summed E-state index contributed by atoms with van der Waals surface area (Å²) in [7, 11) is 0. The summed E-state index contributed by atoms with van der Waals surface area (Å²) >= 11 is 6.52. The van der Waals surface area contributed by atoms with Gasteiger partial charge < -0.3 is 10.6 Å². The molecule has 0 aromatic heterocycles. The molecule has 0 aliphatic heterocycles. The standard InChI is InChI=1S/C17H27ClN2/c1-3-20(15-9-5-4-6-10-15)17-14(12-13(2)19)8-7-11-16(17)18/h7-8,11,13,15H,3-6,9-10,12,19H2,1-2H3. The van der Waals surface area contributed by atoms with E-state index in [4.69, 9.17) is 17.3 Å². The van der Waals surface area contributed by atoms with Gasteiger partial charge in [-0.1, -0.05) is 43.0 Å². The Labute approximate surface area is 128 Å². The molecule has 1 aliphatic carbocycles. The van der Waals surface area contributed by atoms with Crippen LogP contribution in [0.1, 0.15) is 51.5 Å². The van der Waals surface area contributed by atoms with Gasteiger partial charge in [0.2, 0.25) is 0 Å². The van der Waals surface area contributed by atoms with Gasteiger partial charge in [-0.15, -0.1) is 0 Å². The van der Waals surface area contributed by atoms with Crippen molar-refractivity contribution >= 4 is 17.3 Å². The van der Waals surface area contributed by atoms with E-state index in [1.165, 1.54) is 43.4 Å². The fraction of sp³-hybridized carbons (Fsp3) is 0.647. The Morgan fingerprint density at radius 2 is 2.00 bits per heavy atom. The lowest BCUT2D eigenvalue weighted by atomic mass is 9.93. The van der Waals surface area contributed by atoms with Crippen LogP contribution in [0.4, 0.5) is 5.69 Å². The second-order valence-electron chi connectivity index (χ2n) is 6.01. The molecule has 1 aromatic rings. The molecule has 0 heterocycles. The molecule has 112 valence electrons. The lowest BCUT2D eigenvalue weighted by molar-refractivity contribution is 0.417. The maximum absolute atomic E-state index is 6.52. The smallest absolute Gasteiger partial charge is 0.0642 e. The van der Waals surface area contributed by atoms with E-state index in [0.29, 0.717) is 6.04 Å². The van der Waals surface area contributed by atoms with E-state index in [0.717, 1.165) is 18.0 Å². The first kappa shape index (κ1) is 15.7. The van der Waals surface area contributed by atoms with Gasteiger partial charge in [-0.05, 0) is 44.7 Å². The molecule has 2 nitrogen and oxygen atoms in total. The Balaban J connectivity index is 2.31. The van der Waals surface area contributed by atoms with Crippen LogP contribution in [0.15, 0.2) is 18.2 Å². The minimum Gasteiger partial charge on any atom is -0.367 e. The second-order valence-corrected chi connectivity index (χ2v) is 6.41. The molecule has 2 rings (SSSR count). The topological polar surface area (TPSA) is 29.3 Å². The van der Waals surface area contributed by atoms with Crippen LogP contribution in [0.3, 0.4) is 0 Å². The number of benzene rings is 1. The molecule has 1 fully saturated rings. The van der Waals surface area contributed by atoms with E-state index in [2.05, 4.69) is 24.8 Å². The van der Waals surface area contributed by atoms with Gasteiger partial charge >= 0.3 is 0 Å². The van der Waals surface area contributed by atoms with Crippen molar-refractivity contribution in [1.29, 1.82) is 0 Å². The summed E-state index contributed by atoms with van der Waals surface area (Å²) in [6.45, 7) is 5.30. The summed E-state index contributed by atoms with van der Waals surface area (Å²) in [6.07, 6.45) is 7.53. The van der Waals surface area contributed by atoms with Gasteiger partial charge in [0, 0.05) is 18.6 Å². The second kappa shape index (κ2) is 7.33. The number of nitrogens with two attached hydrogens (primary N) is 1. The van der Waals surface area contributed by atoms with Crippen molar-refractivity contribution in [2.45, 2.75) is 64.5 Å². The minimum atomic E-state index is 0.164. The van der Waals surface area contributed by atoms with Crippen molar-refractivity contribution in [3.8, 4) is 0 Å². The summed E-state index contributed by atoms with van der Waals surface area (Å²) in [4.78, 5) is 2.51. The van der Waals surface area contributed by atoms with Crippen LogP contribution in [-0.4, -0.2) is 18.6 Å². The highest BCUT2D eigenvalue weighted by atomic mass is 35.5. The molecule has 0 spiro atoms. The largest absolute Gasteiger partial charge is 0.367 e. The van der Waals surface area contributed by atoms with Crippen molar-refractivity contribution in [3.05, 3.63) is 28.8 Å². The van der Waals surface area contributed by atoms with Crippen LogP contribution in [0.25, 0.3) is 0 Å². The van der Waals surface area contributed by atoms with Crippen LogP contribution >= 0.6 is 11.6 Å². The van der Waals surface area contributed by atoms with Crippen LogP contribution in [0.5, 0.6) is 0 Å². The third-order valence-corrected chi connectivity index (χ3v) is 4.56. The van der Waals surface area contributed by atoms with Crippen LogP contribution in [0, 0.1) is 0 Å². The van der Waals surface area contributed by atoms with E-state index in [1.54, 1.807) is 0 Å². The highest BCUT2D eigenvalue weighted by Crippen LogP contribution is 2.35. The highest BCUT2D eigenvalue weighted by molar-refractivity contribution is 6.33. The van der Waals surface area contributed by atoms with Gasteiger partial charge in [0.05, 0.1) is 10.7 Å². The van der Waals surface area contributed by atoms with Gasteiger partial charge in [-0.3, -0.25) is 0 Å². The van der Waals surface area contributed by atoms with Crippen LogP contribution in [0.2, 0.25) is 5.02 Å². The zero-order chi connectivity index (χ0) is 14.5. The summed E-state index contributed by atoms with van der Waals surface area (Å²) in [5.41, 5.74) is 8.52. The molecule has 1 aromatic carbocycles. The van der Waals surface area contributed by atoms with E-state index >= 15 is 0 Å². The Bertz CT molecular complexity index is 425. The quantitative estimate of drug-likeness (QED) is 0.873. The Morgan fingerprint density at radius 3 is 2.60 bits per heavy atom. The van der Waals surface area contributed by atoms with Gasteiger partial charge in [0.15, 0.2) is 0 Å². The van der Waals surface area contributed by atoms with Crippen molar-refractivity contribution in [2.24, 2.45) is 5.73 Å². The number of anilines is 1. The number of hydrogen-bond donors (Lipinski definition) is 1. The van der Waals surface area contributed by atoms with Crippen molar-refractivity contribution in [2.75, 3.05) is 11.4 Å². The van der Waals surface area contributed by atoms with Gasteiger partial charge in [0.25, 0.3) is 0 Å². The van der Waals surface area contributed by atoms with E-state index in [9.17, 15) is 0 Å². The molecule has 20 heavy (non-hydrogen) atoms. The molecule has 1 aliphatic rings. The SMILES string of the molecule is CCN(c1c(Cl)cccc1CC(C)N)C1CCCCC1. The summed E-state index contributed by atoms with van der Waals surface area (Å²) in [5, 5.41) is 0.871. The normalized spacial score (nSPS) is 18.0. The Morgan fingerprint density at radius 1 is 1.30 bits per heavy atom. The molecular weight excluding hydrogens is 268 g/mol. The summed E-state index contributed by atoms with van der Waals surface area (Å²) in [5.74, 6) is 0. The Hall–Kier alpha value is -0.730. The number of rotatable bonds is 5. The first-order valence-corrected chi connectivity index (χ1v) is 8.31. The van der Waals surface area contributed by atoms with E-state index in [1.807, 2.05) is 12.1 Å². The zero-order valence-corrected chi connectivity index (χ0v) is 13.5. The maximum Gasteiger partial charge on any atom is 0.0642 e. The highest BCUT2D eigenvalue weighted by Gasteiger charge is 2.24. The fourth-order valence-electron chi connectivity index (χ4n) is 3.38. The summed E-state index contributed by atoms with van der Waals surface area (Å²) < 4.78 is 0. The Kier molecular flexibility index (Phi) is 5.74. The third-order valence-electron chi connectivity index (χ3n) is 4.26. The molecular formula is C17H27ClN2. The number of hydrogen-bond acceptors (Lipinski definition) is 2. The van der Waals surface area contributed by atoms with E-state index in [-0.39, 0.29) is 6.04 Å². The van der Waals surface area contributed by atoms with E-state index < -0.39 is 0 Å². The molecule has 0 bridgehead atoms. The van der Waals surface area contributed by atoms with Crippen molar-refractivity contribution in [3.63, 3.8) is 0 Å². The first-order valence-electron chi connectivity index (χ1n) is 7.93. The molecule has 3 heteroatoms. The molecule has 1 saturated carbocycles. The monoisotopic (exact) mass is 294 g/mol. The lowest BCUT2D eigenvalue weighted by Gasteiger charge is -2.37. The van der Waals surface area contributed by atoms with Gasteiger partial charge in [0.1, 0.15) is 0 Å². The average Bonchev–Trinajstić information content (AvgIpc) is 2.43. The average molecular weight is 295 g/mol. The molecule has 1 atom stereocenters. The summed E-state index contributed by atoms with van der Waals surface area (Å²) in [6, 6.07) is 7.03. The number of para-hydroxylation sites is 1.